The molecule has 7 heteroatoms. The van der Waals surface area contributed by atoms with Crippen molar-refractivity contribution in [3.8, 4) is 11.5 Å². The van der Waals surface area contributed by atoms with Crippen molar-refractivity contribution in [2.45, 2.75) is 20.8 Å². The number of nitrogens with zero attached hydrogens (tertiary/aromatic N) is 1. The summed E-state index contributed by atoms with van der Waals surface area (Å²) in [6.45, 7) is 6.08. The minimum Gasteiger partial charge on any atom is -0.504 e. The summed E-state index contributed by atoms with van der Waals surface area (Å²) in [4.78, 5) is 23.7. The van der Waals surface area contributed by atoms with Gasteiger partial charge in [0.15, 0.2) is 11.5 Å². The minimum atomic E-state index is -0.917. The number of carbonyl (C=O) groups is 2. The van der Waals surface area contributed by atoms with Gasteiger partial charge in [-0.3, -0.25) is 9.59 Å². The number of benzene rings is 2. The van der Waals surface area contributed by atoms with E-state index in [1.807, 2.05) is 19.9 Å². The van der Waals surface area contributed by atoms with Crippen molar-refractivity contribution in [2.75, 3.05) is 11.9 Å². The topological polar surface area (TPSA) is 100 Å². The van der Waals surface area contributed by atoms with E-state index >= 15 is 0 Å². The lowest BCUT2D eigenvalue weighted by molar-refractivity contribution is -0.136. The van der Waals surface area contributed by atoms with Crippen molar-refractivity contribution in [2.24, 2.45) is 5.10 Å². The van der Waals surface area contributed by atoms with Crippen molar-refractivity contribution in [1.29, 1.82) is 0 Å². The van der Waals surface area contributed by atoms with Gasteiger partial charge in [0.25, 0.3) is 0 Å². The second-order valence-corrected chi connectivity index (χ2v) is 5.58. The molecule has 3 N–H and O–H groups in total. The number of para-hydroxylation sites is 1. The number of phenolic OH excluding ortho intramolecular Hbond substituents is 1. The first kappa shape index (κ1) is 19.0. The van der Waals surface area contributed by atoms with Crippen molar-refractivity contribution >= 4 is 23.7 Å². The lowest BCUT2D eigenvalue weighted by Crippen LogP contribution is -2.32. The number of hydrazone groups is 1. The van der Waals surface area contributed by atoms with E-state index in [1.165, 1.54) is 6.21 Å². The molecule has 7 nitrogen and oxygen atoms in total. The van der Waals surface area contributed by atoms with Gasteiger partial charge < -0.3 is 15.2 Å². The van der Waals surface area contributed by atoms with Crippen LogP contribution < -0.4 is 15.5 Å². The van der Waals surface area contributed by atoms with E-state index in [1.54, 1.807) is 37.3 Å². The molecule has 0 aliphatic carbocycles. The fourth-order valence-electron chi connectivity index (χ4n) is 2.13. The van der Waals surface area contributed by atoms with E-state index in [0.29, 0.717) is 23.6 Å². The second-order valence-electron chi connectivity index (χ2n) is 5.58. The monoisotopic (exact) mass is 355 g/mol. The van der Waals surface area contributed by atoms with Crippen LogP contribution in [0, 0.1) is 13.8 Å². The molecular formula is C19H21N3O4. The molecule has 0 bridgehead atoms. The van der Waals surface area contributed by atoms with Crippen LogP contribution in [-0.2, 0) is 9.59 Å². The van der Waals surface area contributed by atoms with Gasteiger partial charge in [0.05, 0.1) is 12.8 Å². The van der Waals surface area contributed by atoms with Gasteiger partial charge in [0.2, 0.25) is 0 Å². The van der Waals surface area contributed by atoms with E-state index in [9.17, 15) is 14.7 Å². The highest BCUT2D eigenvalue weighted by Crippen LogP contribution is 2.28. The van der Waals surface area contributed by atoms with Crippen molar-refractivity contribution in [3.63, 3.8) is 0 Å². The summed E-state index contributed by atoms with van der Waals surface area (Å²) >= 11 is 0. The van der Waals surface area contributed by atoms with Gasteiger partial charge in [-0.1, -0.05) is 12.1 Å². The molecule has 0 atom stereocenters. The molecular weight excluding hydrogens is 334 g/mol. The summed E-state index contributed by atoms with van der Waals surface area (Å²) in [5.41, 5.74) is 5.10. The molecule has 0 saturated carbocycles. The molecule has 26 heavy (non-hydrogen) atoms. The van der Waals surface area contributed by atoms with Crippen molar-refractivity contribution < 1.29 is 19.4 Å². The molecule has 0 radical (unpaired) electrons. The third kappa shape index (κ3) is 4.83. The van der Waals surface area contributed by atoms with Crippen molar-refractivity contribution in [3.05, 3.63) is 53.1 Å². The van der Waals surface area contributed by atoms with Crippen LogP contribution in [0.4, 0.5) is 5.69 Å². The van der Waals surface area contributed by atoms with Gasteiger partial charge in [0.1, 0.15) is 0 Å². The minimum absolute atomic E-state index is 0.0908. The third-order valence-corrected chi connectivity index (χ3v) is 3.67. The molecule has 0 aromatic heterocycles. The Bertz CT molecular complexity index is 847. The highest BCUT2D eigenvalue weighted by molar-refractivity contribution is 6.39. The molecule has 0 saturated heterocycles. The van der Waals surface area contributed by atoms with Gasteiger partial charge in [-0.15, -0.1) is 0 Å². The standard InChI is InChI=1S/C19H21N3O4/c1-4-26-16-7-5-6-14(17(16)23)11-20-22-19(25)18(24)21-15-9-8-12(2)13(3)10-15/h5-11,23H,4H2,1-3H3,(H,21,24)(H,22,25)/b20-11-. The first-order valence-electron chi connectivity index (χ1n) is 8.08. The van der Waals surface area contributed by atoms with Gasteiger partial charge in [0, 0.05) is 11.3 Å². The molecule has 0 spiro atoms. The number of aromatic hydroxyl groups is 1. The summed E-state index contributed by atoms with van der Waals surface area (Å²) in [6, 6.07) is 10.2. The summed E-state index contributed by atoms with van der Waals surface area (Å²) in [5.74, 6) is -1.53. The predicted molar refractivity (Wildman–Crippen MR) is 99.6 cm³/mol. The SMILES string of the molecule is CCOc1cccc(/C=N\NC(=O)C(=O)Nc2ccc(C)c(C)c2)c1O. The summed E-state index contributed by atoms with van der Waals surface area (Å²) < 4.78 is 5.26. The van der Waals surface area contributed by atoms with E-state index < -0.39 is 11.8 Å². The smallest absolute Gasteiger partial charge is 0.329 e. The molecule has 2 aromatic carbocycles. The van der Waals surface area contributed by atoms with Crippen LogP contribution in [0.5, 0.6) is 11.5 Å². The maximum Gasteiger partial charge on any atom is 0.329 e. The van der Waals surface area contributed by atoms with Gasteiger partial charge in [-0.05, 0) is 56.2 Å². The van der Waals surface area contributed by atoms with Crippen LogP contribution in [0.25, 0.3) is 0 Å². The summed E-state index contributed by atoms with van der Waals surface area (Å²) in [7, 11) is 0. The molecule has 0 aliphatic heterocycles. The largest absolute Gasteiger partial charge is 0.504 e. The molecule has 2 rings (SSSR count). The quantitative estimate of drug-likeness (QED) is 0.436. The molecule has 0 fully saturated rings. The fourth-order valence-corrected chi connectivity index (χ4v) is 2.13. The summed E-state index contributed by atoms with van der Waals surface area (Å²) in [5, 5.41) is 16.2. The Morgan fingerprint density at radius 1 is 1.15 bits per heavy atom. The van der Waals surface area contributed by atoms with Gasteiger partial charge in [-0.2, -0.15) is 5.10 Å². The number of anilines is 1. The van der Waals surface area contributed by atoms with Crippen LogP contribution in [0.15, 0.2) is 41.5 Å². The second kappa shape index (κ2) is 8.66. The highest BCUT2D eigenvalue weighted by atomic mass is 16.5. The maximum absolute atomic E-state index is 11.9. The highest BCUT2D eigenvalue weighted by Gasteiger charge is 2.13. The number of aryl methyl sites for hydroxylation is 2. The lowest BCUT2D eigenvalue weighted by atomic mass is 10.1. The Kier molecular flexibility index (Phi) is 6.32. The molecule has 0 unspecified atom stereocenters. The Balaban J connectivity index is 1.97. The number of nitrogens with one attached hydrogen (secondary N) is 2. The number of phenols is 1. The number of amides is 2. The number of rotatable bonds is 5. The Labute approximate surface area is 151 Å². The van der Waals surface area contributed by atoms with Crippen LogP contribution in [-0.4, -0.2) is 29.7 Å². The third-order valence-electron chi connectivity index (χ3n) is 3.67. The van der Waals surface area contributed by atoms with Gasteiger partial charge in [-0.25, -0.2) is 5.43 Å². The van der Waals surface area contributed by atoms with Crippen molar-refractivity contribution in [1.82, 2.24) is 5.43 Å². The number of hydrogen-bond acceptors (Lipinski definition) is 5. The average molecular weight is 355 g/mol. The fraction of sp³-hybridized carbons (Fsp3) is 0.211. The van der Waals surface area contributed by atoms with Crippen LogP contribution in [0.2, 0.25) is 0 Å². The Hall–Kier alpha value is -3.35. The maximum atomic E-state index is 11.9. The zero-order valence-electron chi connectivity index (χ0n) is 14.9. The van der Waals surface area contributed by atoms with E-state index in [2.05, 4.69) is 15.8 Å². The molecule has 0 aliphatic rings. The van der Waals surface area contributed by atoms with Crippen LogP contribution in [0.1, 0.15) is 23.6 Å². The van der Waals surface area contributed by atoms with E-state index in [0.717, 1.165) is 11.1 Å². The lowest BCUT2D eigenvalue weighted by Gasteiger charge is -2.07. The number of ether oxygens (including phenoxy) is 1. The zero-order valence-corrected chi connectivity index (χ0v) is 14.9. The molecule has 2 aromatic rings. The van der Waals surface area contributed by atoms with Crippen LogP contribution >= 0.6 is 0 Å². The first-order valence-corrected chi connectivity index (χ1v) is 8.08. The molecule has 0 heterocycles. The Morgan fingerprint density at radius 3 is 2.62 bits per heavy atom. The molecule has 136 valence electrons. The normalized spacial score (nSPS) is 10.6. The zero-order chi connectivity index (χ0) is 19.1. The molecule has 2 amide bonds. The van der Waals surface area contributed by atoms with Crippen LogP contribution in [0.3, 0.4) is 0 Å². The number of hydrogen-bond donors (Lipinski definition) is 3. The first-order chi connectivity index (χ1) is 12.4. The number of carbonyl (C=O) groups excluding carboxylic acids is 2. The Morgan fingerprint density at radius 2 is 1.92 bits per heavy atom. The van der Waals surface area contributed by atoms with E-state index in [4.69, 9.17) is 4.74 Å². The van der Waals surface area contributed by atoms with Gasteiger partial charge >= 0.3 is 11.8 Å². The summed E-state index contributed by atoms with van der Waals surface area (Å²) in [6.07, 6.45) is 1.24. The average Bonchev–Trinajstić information content (AvgIpc) is 2.61. The predicted octanol–water partition coefficient (Wildman–Crippen LogP) is 2.50. The van der Waals surface area contributed by atoms with E-state index in [-0.39, 0.29) is 5.75 Å².